The second kappa shape index (κ2) is 5.47. The third kappa shape index (κ3) is 2.69. The highest BCUT2D eigenvalue weighted by atomic mass is 16.1. The lowest BCUT2D eigenvalue weighted by molar-refractivity contribution is -0.121. The third-order valence-corrected chi connectivity index (χ3v) is 4.03. The molecule has 1 unspecified atom stereocenters. The summed E-state index contributed by atoms with van der Waals surface area (Å²) in [5.74, 6) is 0.965. The second-order valence-electron chi connectivity index (χ2n) is 5.31. The normalized spacial score (nSPS) is 23.7. The van der Waals surface area contributed by atoms with E-state index >= 15 is 0 Å². The number of hydrogen-bond donors (Lipinski definition) is 0. The van der Waals surface area contributed by atoms with E-state index in [1.165, 1.54) is 0 Å². The van der Waals surface area contributed by atoms with Crippen molar-refractivity contribution in [1.82, 2.24) is 0 Å². The van der Waals surface area contributed by atoms with Crippen molar-refractivity contribution in [3.8, 4) is 0 Å². The van der Waals surface area contributed by atoms with Gasteiger partial charge in [0.25, 0.3) is 0 Å². The zero-order valence-corrected chi connectivity index (χ0v) is 11.1. The molecule has 1 aromatic rings. The minimum absolute atomic E-state index is 0.121. The monoisotopic (exact) mass is 244 g/mol. The van der Waals surface area contributed by atoms with Gasteiger partial charge in [-0.05, 0) is 44.6 Å². The molecule has 0 aliphatic heterocycles. The molecular weight excluding hydrogens is 224 g/mol. The van der Waals surface area contributed by atoms with E-state index in [0.717, 1.165) is 36.8 Å². The molecule has 18 heavy (non-hydrogen) atoms. The summed E-state index contributed by atoms with van der Waals surface area (Å²) in [6, 6.07) is 7.84. The van der Waals surface area contributed by atoms with Crippen LogP contribution in [0, 0.1) is 5.92 Å². The van der Waals surface area contributed by atoms with Crippen LogP contribution >= 0.6 is 0 Å². The van der Waals surface area contributed by atoms with Crippen LogP contribution in [0.15, 0.2) is 24.3 Å². The van der Waals surface area contributed by atoms with Gasteiger partial charge in [-0.25, -0.2) is 0 Å². The van der Waals surface area contributed by atoms with Crippen molar-refractivity contribution in [2.24, 2.45) is 5.92 Å². The Morgan fingerprint density at radius 1 is 1.11 bits per heavy atom. The number of hydrogen-bond acceptors (Lipinski definition) is 2. The third-order valence-electron chi connectivity index (χ3n) is 4.03. The molecule has 1 fully saturated rings. The average molecular weight is 244 g/mol. The van der Waals surface area contributed by atoms with Gasteiger partial charge in [-0.15, -0.1) is 0 Å². The Kier molecular flexibility index (Phi) is 3.95. The minimum Gasteiger partial charge on any atom is -0.300 e. The molecule has 0 amide bonds. The van der Waals surface area contributed by atoms with Crippen molar-refractivity contribution in [2.45, 2.75) is 45.4 Å². The molecule has 1 aliphatic rings. The quantitative estimate of drug-likeness (QED) is 0.759. The van der Waals surface area contributed by atoms with E-state index in [9.17, 15) is 9.59 Å². The van der Waals surface area contributed by atoms with E-state index in [2.05, 4.69) is 0 Å². The van der Waals surface area contributed by atoms with Crippen molar-refractivity contribution in [3.05, 3.63) is 35.4 Å². The van der Waals surface area contributed by atoms with E-state index in [1.54, 1.807) is 13.8 Å². The summed E-state index contributed by atoms with van der Waals surface area (Å²) in [4.78, 5) is 23.2. The first kappa shape index (κ1) is 13.0. The Labute approximate surface area is 108 Å². The Morgan fingerprint density at radius 3 is 2.50 bits per heavy atom. The zero-order chi connectivity index (χ0) is 13.1. The molecule has 96 valence electrons. The molecule has 0 N–H and O–H groups in total. The van der Waals surface area contributed by atoms with Gasteiger partial charge in [-0.1, -0.05) is 30.7 Å². The summed E-state index contributed by atoms with van der Waals surface area (Å²) in [7, 11) is 0. The molecule has 0 bridgehead atoms. The number of carbonyl (C=O) groups excluding carboxylic acids is 2. The van der Waals surface area contributed by atoms with Gasteiger partial charge in [0.2, 0.25) is 0 Å². The number of rotatable bonds is 3. The molecule has 2 heteroatoms. The largest absolute Gasteiger partial charge is 0.300 e. The van der Waals surface area contributed by atoms with Crippen LogP contribution < -0.4 is 0 Å². The van der Waals surface area contributed by atoms with Crippen LogP contribution in [0.5, 0.6) is 0 Å². The van der Waals surface area contributed by atoms with Gasteiger partial charge in [0.1, 0.15) is 5.78 Å². The van der Waals surface area contributed by atoms with Gasteiger partial charge in [0.15, 0.2) is 5.78 Å². The molecule has 0 aromatic heterocycles. The topological polar surface area (TPSA) is 34.1 Å². The van der Waals surface area contributed by atoms with Crippen molar-refractivity contribution in [2.75, 3.05) is 0 Å². The molecule has 2 nitrogen and oxygen atoms in total. The smallest absolute Gasteiger partial charge is 0.160 e. The molecule has 0 heterocycles. The first-order valence-corrected chi connectivity index (χ1v) is 6.70. The number of ketones is 2. The Morgan fingerprint density at radius 2 is 1.83 bits per heavy atom. The van der Waals surface area contributed by atoms with Crippen LogP contribution in [-0.2, 0) is 4.79 Å². The van der Waals surface area contributed by atoms with Crippen LogP contribution in [0.1, 0.15) is 61.4 Å². The molecule has 2 atom stereocenters. The predicted octanol–water partition coefficient (Wildman–Crippen LogP) is 3.75. The standard InChI is InChI=1S/C16H20O2/c1-11(17)13-6-5-7-14(10-13)16-9-4-3-8-15(16)12(2)18/h3-4,8-9,13-14H,5-7,10H2,1-2H3/t13-,14?/m0/s1. The molecular formula is C16H20O2. The minimum atomic E-state index is 0.121. The average Bonchev–Trinajstić information content (AvgIpc) is 2.39. The second-order valence-corrected chi connectivity index (χ2v) is 5.31. The Hall–Kier alpha value is -1.44. The Balaban J connectivity index is 2.26. The summed E-state index contributed by atoms with van der Waals surface area (Å²) in [5.41, 5.74) is 1.96. The lowest BCUT2D eigenvalue weighted by Crippen LogP contribution is -2.21. The maximum atomic E-state index is 11.7. The summed E-state index contributed by atoms with van der Waals surface area (Å²) in [6.07, 6.45) is 4.09. The first-order valence-electron chi connectivity index (χ1n) is 6.70. The summed E-state index contributed by atoms with van der Waals surface area (Å²) >= 11 is 0. The number of Topliss-reactive ketones (excluding diaryl/α,β-unsaturated/α-hetero) is 2. The predicted molar refractivity (Wildman–Crippen MR) is 71.8 cm³/mol. The van der Waals surface area contributed by atoms with Gasteiger partial charge in [0.05, 0.1) is 0 Å². The van der Waals surface area contributed by atoms with Gasteiger partial charge < -0.3 is 0 Å². The zero-order valence-electron chi connectivity index (χ0n) is 11.1. The van der Waals surface area contributed by atoms with Crippen LogP contribution in [0.3, 0.4) is 0 Å². The van der Waals surface area contributed by atoms with Crippen LogP contribution in [0.25, 0.3) is 0 Å². The van der Waals surface area contributed by atoms with Crippen LogP contribution in [-0.4, -0.2) is 11.6 Å². The van der Waals surface area contributed by atoms with Gasteiger partial charge >= 0.3 is 0 Å². The molecule has 0 saturated heterocycles. The highest BCUT2D eigenvalue weighted by Crippen LogP contribution is 2.37. The van der Waals surface area contributed by atoms with Gasteiger partial charge in [0, 0.05) is 11.5 Å². The maximum absolute atomic E-state index is 11.7. The molecule has 1 aromatic carbocycles. The van der Waals surface area contributed by atoms with E-state index in [-0.39, 0.29) is 11.7 Å². The highest BCUT2D eigenvalue weighted by Gasteiger charge is 2.27. The van der Waals surface area contributed by atoms with Crippen molar-refractivity contribution in [3.63, 3.8) is 0 Å². The van der Waals surface area contributed by atoms with E-state index in [1.807, 2.05) is 24.3 Å². The van der Waals surface area contributed by atoms with Crippen molar-refractivity contribution in [1.29, 1.82) is 0 Å². The van der Waals surface area contributed by atoms with E-state index in [0.29, 0.717) is 11.7 Å². The van der Waals surface area contributed by atoms with Gasteiger partial charge in [-0.2, -0.15) is 0 Å². The van der Waals surface area contributed by atoms with Crippen molar-refractivity contribution >= 4 is 11.6 Å². The molecule has 1 saturated carbocycles. The fourth-order valence-corrected chi connectivity index (χ4v) is 3.02. The molecule has 0 radical (unpaired) electrons. The fourth-order valence-electron chi connectivity index (χ4n) is 3.02. The number of benzene rings is 1. The summed E-state index contributed by atoms with van der Waals surface area (Å²) in [5, 5.41) is 0. The number of carbonyl (C=O) groups is 2. The summed E-state index contributed by atoms with van der Waals surface area (Å²) < 4.78 is 0. The van der Waals surface area contributed by atoms with E-state index < -0.39 is 0 Å². The molecule has 1 aliphatic carbocycles. The van der Waals surface area contributed by atoms with Gasteiger partial charge in [-0.3, -0.25) is 9.59 Å². The fraction of sp³-hybridized carbons (Fsp3) is 0.500. The highest BCUT2D eigenvalue weighted by molar-refractivity contribution is 5.95. The lowest BCUT2D eigenvalue weighted by atomic mass is 9.75. The van der Waals surface area contributed by atoms with Crippen molar-refractivity contribution < 1.29 is 9.59 Å². The van der Waals surface area contributed by atoms with E-state index in [4.69, 9.17) is 0 Å². The maximum Gasteiger partial charge on any atom is 0.160 e. The summed E-state index contributed by atoms with van der Waals surface area (Å²) in [6.45, 7) is 3.30. The Bertz CT molecular complexity index is 462. The first-order chi connectivity index (χ1) is 8.59. The lowest BCUT2D eigenvalue weighted by Gasteiger charge is -2.29. The van der Waals surface area contributed by atoms with Crippen LogP contribution in [0.2, 0.25) is 0 Å². The van der Waals surface area contributed by atoms with Crippen LogP contribution in [0.4, 0.5) is 0 Å². The SMILES string of the molecule is CC(=O)c1ccccc1C1CCC[C@H](C(C)=O)C1. The molecule has 0 spiro atoms. The molecule has 2 rings (SSSR count).